The molecule has 0 atom stereocenters. The third-order valence-corrected chi connectivity index (χ3v) is 16.8. The first-order valence-corrected chi connectivity index (χ1v) is 29.0. The van der Waals surface area contributed by atoms with Crippen LogP contribution in [0.3, 0.4) is 0 Å². The van der Waals surface area contributed by atoms with Gasteiger partial charge in [-0.2, -0.15) is 0 Å². The summed E-state index contributed by atoms with van der Waals surface area (Å²) in [6, 6.07) is 17.2. The number of aromatic nitrogens is 2. The molecule has 0 bridgehead atoms. The molecule has 5 nitrogen and oxygen atoms in total. The van der Waals surface area contributed by atoms with E-state index in [1.807, 2.05) is 120 Å². The highest BCUT2D eigenvalue weighted by Gasteiger charge is 2.39. The van der Waals surface area contributed by atoms with Crippen molar-refractivity contribution >= 4 is 44.6 Å². The van der Waals surface area contributed by atoms with Crippen molar-refractivity contribution in [2.75, 3.05) is 16.5 Å². The van der Waals surface area contributed by atoms with E-state index in [0.717, 1.165) is 0 Å². The smallest absolute Gasteiger partial charge is 0.137 e. The van der Waals surface area contributed by atoms with Crippen LogP contribution in [0.1, 0.15) is 158 Å². The van der Waals surface area contributed by atoms with Gasteiger partial charge in [0.1, 0.15) is 24.0 Å². The number of ether oxygens (including phenoxy) is 1. The molecule has 2 aromatic heterocycles. The highest BCUT2D eigenvalue weighted by atomic mass is 16.5. The SMILES string of the molecule is [2H]c1c([2H])c([2H])c(-c2cnc(-n3c4cc(Oc5cccc(N6CN(c7c(-c8c([2H])c([2H])c(-c9c([2H])c([2H])c(C(C)(C)C)c([2H])c9[2H])c([2H])c8[2H])cc(C(C)(C)C)cc7-c7c([2H])c([2H])c8c(c7[2H])C(C)(C)CCC8(C)C)c7ccccc76)c5)ccc4c4c([2H])c([2H])c([2H])c([2H])c43)cc2C(C)(C)C)c([2H])c1[2H]. The predicted octanol–water partition coefficient (Wildman–Crippen LogP) is 22.1. The minimum atomic E-state index is -0.832. The standard InChI is InChI=1S/C80H80N4O/c1-76(2,3)57-37-34-53(35-38-57)52-30-32-55(33-31-52)64-45-58(77(4,5)6)46-65(56-36-41-67-69(44-56)80(12,13)43-42-79(67,10)11)75(64)83-51-82(71-28-19-20-29-72(71)83)59-24-21-25-60(47-59)85-61-39-40-63-62-26-17-18-27-70(62)84(73(63)48-61)74-49-68(78(7,8)9)66(50-81-74)54-22-15-14-16-23-54/h14-41,44-50H,42-43,51H2,1-13H3/i14D,15D,16D,17D,18D,22D,23D,26D,27D,30D,31D,32D,33D,34D,35D,36D,37D,38D,41D,44D. The summed E-state index contributed by atoms with van der Waals surface area (Å²) in [6.45, 7) is 25.1. The molecule has 1 aliphatic carbocycles. The second kappa shape index (κ2) is 20.5. The van der Waals surface area contributed by atoms with Crippen LogP contribution < -0.4 is 14.5 Å². The van der Waals surface area contributed by atoms with Crippen molar-refractivity contribution < 1.29 is 32.2 Å². The zero-order valence-electron chi connectivity index (χ0n) is 70.5. The maximum Gasteiger partial charge on any atom is 0.137 e. The number of hydrogen-bond donors (Lipinski definition) is 0. The monoisotopic (exact) mass is 1130 g/mol. The Bertz CT molecular complexity index is 5520. The Labute approximate surface area is 532 Å². The van der Waals surface area contributed by atoms with Gasteiger partial charge in [0.05, 0.1) is 55.5 Å². The van der Waals surface area contributed by atoms with Crippen LogP contribution in [-0.4, -0.2) is 16.2 Å². The quantitative estimate of drug-likeness (QED) is 0.144. The van der Waals surface area contributed by atoms with Gasteiger partial charge in [-0.05, 0) is 156 Å². The lowest BCUT2D eigenvalue weighted by Gasteiger charge is -2.42. The van der Waals surface area contributed by atoms with Gasteiger partial charge in [-0.1, -0.05) is 223 Å². The lowest BCUT2D eigenvalue weighted by molar-refractivity contribution is 0.332. The number of fused-ring (bicyclic) bond motifs is 5. The minimum Gasteiger partial charge on any atom is -0.457 e. The third kappa shape index (κ3) is 10.2. The second-order valence-electron chi connectivity index (χ2n) is 26.8. The van der Waals surface area contributed by atoms with E-state index in [1.165, 1.54) is 6.20 Å². The Morgan fingerprint density at radius 2 is 1.06 bits per heavy atom. The Morgan fingerprint density at radius 1 is 0.471 bits per heavy atom. The number of rotatable bonds is 9. The average Bonchev–Trinajstić information content (AvgIpc) is 1.71. The van der Waals surface area contributed by atoms with Gasteiger partial charge < -0.3 is 14.5 Å². The van der Waals surface area contributed by atoms with Crippen molar-refractivity contribution in [1.29, 1.82) is 0 Å². The van der Waals surface area contributed by atoms with Crippen molar-refractivity contribution in [3.05, 3.63) is 240 Å². The van der Waals surface area contributed by atoms with E-state index in [-0.39, 0.29) is 110 Å². The lowest BCUT2D eigenvalue weighted by atomic mass is 9.63. The van der Waals surface area contributed by atoms with E-state index in [2.05, 4.69) is 13.8 Å². The number of pyridine rings is 1. The molecule has 0 fully saturated rings. The van der Waals surface area contributed by atoms with E-state index < -0.39 is 111 Å². The Kier molecular flexibility index (Phi) is 8.92. The second-order valence-corrected chi connectivity index (χ2v) is 26.8. The molecular weight excluding hydrogens is 1030 g/mol. The molecule has 3 heterocycles. The summed E-state index contributed by atoms with van der Waals surface area (Å²) in [5, 5.41) is 0.651. The minimum absolute atomic E-state index is 0.00950. The molecule has 1 aliphatic heterocycles. The predicted molar refractivity (Wildman–Crippen MR) is 360 cm³/mol. The number of benzene rings is 9. The van der Waals surface area contributed by atoms with Crippen molar-refractivity contribution in [2.45, 2.75) is 130 Å². The van der Waals surface area contributed by atoms with E-state index in [9.17, 15) is 15.1 Å². The van der Waals surface area contributed by atoms with Crippen molar-refractivity contribution in [2.24, 2.45) is 0 Å². The summed E-state index contributed by atoms with van der Waals surface area (Å²) in [5.41, 5.74) is 1.70. The van der Waals surface area contributed by atoms with E-state index >= 15 is 0 Å². The molecule has 85 heavy (non-hydrogen) atoms. The van der Waals surface area contributed by atoms with Crippen molar-refractivity contribution in [1.82, 2.24) is 9.55 Å². The molecule has 426 valence electrons. The summed E-state index contributed by atoms with van der Waals surface area (Å²) >= 11 is 0. The van der Waals surface area contributed by atoms with Gasteiger partial charge in [-0.3, -0.25) is 4.57 Å². The largest absolute Gasteiger partial charge is 0.457 e. The van der Waals surface area contributed by atoms with Gasteiger partial charge in [0, 0.05) is 51.5 Å². The van der Waals surface area contributed by atoms with Gasteiger partial charge in [-0.15, -0.1) is 0 Å². The molecule has 0 spiro atoms. The van der Waals surface area contributed by atoms with Crippen LogP contribution in [0.4, 0.5) is 22.7 Å². The zero-order chi connectivity index (χ0) is 76.8. The third-order valence-electron chi connectivity index (χ3n) is 16.8. The Morgan fingerprint density at radius 3 is 1.74 bits per heavy atom. The molecule has 0 saturated heterocycles. The highest BCUT2D eigenvalue weighted by molar-refractivity contribution is 6.09. The molecule has 0 unspecified atom stereocenters. The van der Waals surface area contributed by atoms with Crippen molar-refractivity contribution in [3.8, 4) is 61.8 Å². The van der Waals surface area contributed by atoms with Crippen LogP contribution in [0.5, 0.6) is 11.5 Å². The molecule has 9 aromatic carbocycles. The van der Waals surface area contributed by atoms with Crippen molar-refractivity contribution in [3.63, 3.8) is 0 Å². The maximum absolute atomic E-state index is 10.5. The van der Waals surface area contributed by atoms with Crippen LogP contribution >= 0.6 is 0 Å². The van der Waals surface area contributed by atoms with E-state index in [0.29, 0.717) is 80.1 Å². The average molecular weight is 1130 g/mol. The van der Waals surface area contributed by atoms with Crippen LogP contribution in [0.25, 0.3) is 72.1 Å². The summed E-state index contributed by atoms with van der Waals surface area (Å²) in [6.07, 6.45) is 2.83. The number of hydrogen-bond acceptors (Lipinski definition) is 4. The van der Waals surface area contributed by atoms with Gasteiger partial charge in [0.15, 0.2) is 0 Å². The topological polar surface area (TPSA) is 33.5 Å². The molecule has 2 aliphatic rings. The van der Waals surface area contributed by atoms with E-state index in [1.54, 1.807) is 55.7 Å². The lowest BCUT2D eigenvalue weighted by Crippen LogP contribution is -2.33. The molecular formula is C80H80N4O. The number of para-hydroxylation sites is 3. The molecule has 0 radical (unpaired) electrons. The number of nitrogens with zero attached hydrogens (tertiary/aromatic N) is 4. The van der Waals surface area contributed by atoms with E-state index in [4.69, 9.17) is 22.1 Å². The Balaban J connectivity index is 1.00. The highest BCUT2D eigenvalue weighted by Crippen LogP contribution is 2.54. The van der Waals surface area contributed by atoms with Gasteiger partial charge in [0.25, 0.3) is 0 Å². The molecule has 0 amide bonds. The van der Waals surface area contributed by atoms with Gasteiger partial charge in [0.2, 0.25) is 0 Å². The summed E-state index contributed by atoms with van der Waals surface area (Å²) in [5.74, 6) is 0.848. The first kappa shape index (κ1) is 36.9. The molecule has 0 saturated carbocycles. The normalized spacial score (nSPS) is 18.2. The fourth-order valence-corrected chi connectivity index (χ4v) is 11.8. The summed E-state index contributed by atoms with van der Waals surface area (Å²) < 4.78 is 195. The maximum atomic E-state index is 10.5. The van der Waals surface area contributed by atoms with Crippen LogP contribution in [-0.2, 0) is 27.1 Å². The zero-order valence-corrected chi connectivity index (χ0v) is 50.5. The van der Waals surface area contributed by atoms with Gasteiger partial charge >= 0.3 is 0 Å². The molecule has 13 rings (SSSR count). The fraction of sp³-hybridized carbons (Fsp3) is 0.263. The molecule has 5 heteroatoms. The van der Waals surface area contributed by atoms with Crippen LogP contribution in [0.2, 0.25) is 0 Å². The van der Waals surface area contributed by atoms with Crippen LogP contribution in [0.15, 0.2) is 212 Å². The molecule has 0 N–H and O–H groups in total. The van der Waals surface area contributed by atoms with Crippen LogP contribution in [0, 0.1) is 0 Å². The van der Waals surface area contributed by atoms with Gasteiger partial charge in [-0.25, -0.2) is 4.98 Å². The summed E-state index contributed by atoms with van der Waals surface area (Å²) in [7, 11) is 0. The molecule has 11 aromatic rings. The Hall–Kier alpha value is -8.67. The first-order valence-electron chi connectivity index (χ1n) is 39.0. The summed E-state index contributed by atoms with van der Waals surface area (Å²) in [4.78, 5) is 8.84. The number of anilines is 4. The fourth-order valence-electron chi connectivity index (χ4n) is 11.8. The first-order chi connectivity index (χ1) is 48.8.